The molecule has 1 rings (SSSR count). The number of guanidine groups is 1. The fourth-order valence-electron chi connectivity index (χ4n) is 0.714. The zero-order valence-electron chi connectivity index (χ0n) is 6.31. The Morgan fingerprint density at radius 2 is 2.00 bits per heavy atom. The van der Waals surface area contributed by atoms with Gasteiger partial charge in [-0.25, -0.2) is 9.98 Å². The number of nitrogens with two attached hydrogens (primary N) is 1. The summed E-state index contributed by atoms with van der Waals surface area (Å²) in [6.45, 7) is 0. The first-order valence-electron chi connectivity index (χ1n) is 3.35. The minimum absolute atomic E-state index is 0.149. The van der Waals surface area contributed by atoms with Gasteiger partial charge in [0.05, 0.1) is 11.4 Å². The highest BCUT2D eigenvalue weighted by Crippen LogP contribution is 2.08. The van der Waals surface area contributed by atoms with Crippen LogP contribution in [0, 0.1) is 0 Å². The van der Waals surface area contributed by atoms with Gasteiger partial charge in [-0.05, 0) is 12.1 Å². The summed E-state index contributed by atoms with van der Waals surface area (Å²) in [6, 6.07) is 9.31. The molecular weight excluding hydrogens is 174 g/mol. The van der Waals surface area contributed by atoms with E-state index in [4.69, 9.17) is 17.3 Å². The summed E-state index contributed by atoms with van der Waals surface area (Å²) >= 11 is 5.21. The van der Waals surface area contributed by atoms with Crippen molar-refractivity contribution >= 4 is 28.9 Å². The second-order valence-electron chi connectivity index (χ2n) is 2.03. The first-order valence-corrected chi connectivity index (χ1v) is 3.78. The summed E-state index contributed by atoms with van der Waals surface area (Å²) in [7, 11) is 0. The largest absolute Gasteiger partial charge is 0.368 e. The van der Waals surface area contributed by atoms with E-state index in [-0.39, 0.29) is 5.96 Å². The molecule has 3 nitrogen and oxygen atoms in total. The standard InChI is InChI=1S/C8H8ClN3/c9-6-11-8(10)12-7-4-2-1-3-5-7/h1-6H,(H2,10,12). The van der Waals surface area contributed by atoms with E-state index < -0.39 is 0 Å². The molecule has 0 unspecified atom stereocenters. The molecule has 0 amide bonds. The minimum atomic E-state index is 0.149. The van der Waals surface area contributed by atoms with Gasteiger partial charge in [0.1, 0.15) is 0 Å². The molecule has 0 aliphatic heterocycles. The molecule has 0 aromatic heterocycles. The molecule has 0 saturated carbocycles. The van der Waals surface area contributed by atoms with Crippen LogP contribution in [0.3, 0.4) is 0 Å². The van der Waals surface area contributed by atoms with E-state index in [1.54, 1.807) is 0 Å². The van der Waals surface area contributed by atoms with Crippen LogP contribution in [0.1, 0.15) is 0 Å². The molecule has 2 N–H and O–H groups in total. The number of aliphatic imine (C=N–C) groups is 2. The molecule has 12 heavy (non-hydrogen) atoms. The average molecular weight is 182 g/mol. The Kier molecular flexibility index (Phi) is 3.29. The van der Waals surface area contributed by atoms with Crippen LogP contribution in [0.15, 0.2) is 40.3 Å². The van der Waals surface area contributed by atoms with Gasteiger partial charge in [0, 0.05) is 0 Å². The fourth-order valence-corrected chi connectivity index (χ4v) is 0.814. The van der Waals surface area contributed by atoms with Gasteiger partial charge in [-0.2, -0.15) is 0 Å². The van der Waals surface area contributed by atoms with Crippen LogP contribution in [0.2, 0.25) is 0 Å². The highest BCUT2D eigenvalue weighted by molar-refractivity contribution is 6.57. The predicted octanol–water partition coefficient (Wildman–Crippen LogP) is 1.90. The number of benzene rings is 1. The molecule has 0 saturated heterocycles. The van der Waals surface area contributed by atoms with Gasteiger partial charge in [0.2, 0.25) is 5.96 Å². The summed E-state index contributed by atoms with van der Waals surface area (Å²) in [6.07, 6.45) is 0. The molecule has 1 aromatic rings. The maximum atomic E-state index is 5.38. The Balaban J connectivity index is 2.81. The van der Waals surface area contributed by atoms with Gasteiger partial charge in [-0.3, -0.25) is 0 Å². The number of hydrogen-bond acceptors (Lipinski definition) is 1. The van der Waals surface area contributed by atoms with E-state index in [0.717, 1.165) is 11.4 Å². The Bertz CT molecular complexity index is 292. The average Bonchev–Trinajstić information content (AvgIpc) is 2.06. The molecule has 0 radical (unpaired) electrons. The number of rotatable bonds is 1. The molecule has 1 aromatic carbocycles. The lowest BCUT2D eigenvalue weighted by molar-refractivity contribution is 1.43. The normalized spacial score (nSPS) is 12.2. The zero-order valence-corrected chi connectivity index (χ0v) is 7.07. The van der Waals surface area contributed by atoms with Gasteiger partial charge in [-0.1, -0.05) is 29.8 Å². The summed E-state index contributed by atoms with van der Waals surface area (Å²) in [5.41, 5.74) is 7.23. The van der Waals surface area contributed by atoms with Crippen LogP contribution in [0.4, 0.5) is 5.69 Å². The highest BCUT2D eigenvalue weighted by Gasteiger charge is 1.87. The van der Waals surface area contributed by atoms with Crippen LogP contribution in [-0.2, 0) is 0 Å². The van der Waals surface area contributed by atoms with Crippen molar-refractivity contribution in [3.8, 4) is 0 Å². The number of para-hydroxylation sites is 1. The third kappa shape index (κ3) is 2.72. The summed E-state index contributed by atoms with van der Waals surface area (Å²) in [5, 5.41) is 0. The van der Waals surface area contributed by atoms with Crippen LogP contribution < -0.4 is 5.73 Å². The van der Waals surface area contributed by atoms with Crippen molar-refractivity contribution in [3.05, 3.63) is 30.3 Å². The molecule has 0 aliphatic carbocycles. The quantitative estimate of drug-likeness (QED) is 0.522. The van der Waals surface area contributed by atoms with E-state index in [0.29, 0.717) is 0 Å². The maximum absolute atomic E-state index is 5.38. The lowest BCUT2D eigenvalue weighted by Gasteiger charge is -1.92. The second-order valence-corrected chi connectivity index (χ2v) is 2.23. The lowest BCUT2D eigenvalue weighted by atomic mass is 10.3. The second kappa shape index (κ2) is 4.51. The van der Waals surface area contributed by atoms with Crippen molar-refractivity contribution in [3.63, 3.8) is 0 Å². The number of halogens is 1. The molecule has 62 valence electrons. The van der Waals surface area contributed by atoms with Gasteiger partial charge < -0.3 is 5.73 Å². The minimum Gasteiger partial charge on any atom is -0.368 e. The van der Waals surface area contributed by atoms with E-state index in [9.17, 15) is 0 Å². The van der Waals surface area contributed by atoms with Crippen molar-refractivity contribution in [1.29, 1.82) is 0 Å². The van der Waals surface area contributed by atoms with Crippen molar-refractivity contribution in [2.75, 3.05) is 0 Å². The van der Waals surface area contributed by atoms with Gasteiger partial charge in [0.15, 0.2) is 0 Å². The molecule has 0 heterocycles. The van der Waals surface area contributed by atoms with Crippen molar-refractivity contribution in [2.45, 2.75) is 0 Å². The Morgan fingerprint density at radius 3 is 2.58 bits per heavy atom. The summed E-state index contributed by atoms with van der Waals surface area (Å²) in [5.74, 6) is 0.149. The van der Waals surface area contributed by atoms with Crippen molar-refractivity contribution < 1.29 is 0 Å². The molecule has 4 heteroatoms. The first kappa shape index (κ1) is 8.74. The van der Waals surface area contributed by atoms with E-state index in [2.05, 4.69) is 9.98 Å². The number of nitrogens with zero attached hydrogens (tertiary/aromatic N) is 2. The Morgan fingerprint density at radius 1 is 1.33 bits per heavy atom. The van der Waals surface area contributed by atoms with Crippen LogP contribution >= 0.6 is 11.6 Å². The van der Waals surface area contributed by atoms with Crippen molar-refractivity contribution in [2.24, 2.45) is 15.7 Å². The number of hydrogen-bond donors (Lipinski definition) is 1. The Labute approximate surface area is 75.6 Å². The molecular formula is C8H8ClN3. The summed E-state index contributed by atoms with van der Waals surface area (Å²) < 4.78 is 0. The van der Waals surface area contributed by atoms with Gasteiger partial charge in [-0.15, -0.1) is 0 Å². The lowest BCUT2D eigenvalue weighted by Crippen LogP contribution is -2.06. The zero-order chi connectivity index (χ0) is 8.81. The van der Waals surface area contributed by atoms with Crippen LogP contribution in [0.25, 0.3) is 0 Å². The van der Waals surface area contributed by atoms with E-state index in [1.807, 2.05) is 30.3 Å². The summed E-state index contributed by atoms with van der Waals surface area (Å²) in [4.78, 5) is 7.55. The SMILES string of the molecule is NC(N=CCl)=Nc1ccccc1. The maximum Gasteiger partial charge on any atom is 0.221 e. The Hall–Kier alpha value is -1.35. The molecule has 0 atom stereocenters. The molecule has 0 bridgehead atoms. The fraction of sp³-hybridized carbons (Fsp3) is 0. The van der Waals surface area contributed by atoms with Gasteiger partial charge in [0.25, 0.3) is 0 Å². The molecule has 0 fully saturated rings. The smallest absolute Gasteiger partial charge is 0.221 e. The predicted molar refractivity (Wildman–Crippen MR) is 52.1 cm³/mol. The molecule has 0 spiro atoms. The highest BCUT2D eigenvalue weighted by atomic mass is 35.5. The third-order valence-corrected chi connectivity index (χ3v) is 1.28. The first-order chi connectivity index (χ1) is 5.83. The van der Waals surface area contributed by atoms with Crippen LogP contribution in [0.5, 0.6) is 0 Å². The van der Waals surface area contributed by atoms with Gasteiger partial charge >= 0.3 is 0 Å². The van der Waals surface area contributed by atoms with Crippen LogP contribution in [-0.4, -0.2) is 11.6 Å². The molecule has 0 aliphatic rings. The monoisotopic (exact) mass is 181 g/mol. The third-order valence-electron chi connectivity index (χ3n) is 1.18. The topological polar surface area (TPSA) is 50.7 Å². The van der Waals surface area contributed by atoms with E-state index >= 15 is 0 Å². The van der Waals surface area contributed by atoms with Crippen molar-refractivity contribution in [1.82, 2.24) is 0 Å². The van der Waals surface area contributed by atoms with E-state index in [1.165, 1.54) is 0 Å².